The van der Waals surface area contributed by atoms with E-state index in [1.54, 1.807) is 6.07 Å². The molecule has 0 saturated carbocycles. The number of nitrogens with two attached hydrogens (primary N) is 1. The van der Waals surface area contributed by atoms with Gasteiger partial charge in [0.2, 0.25) is 0 Å². The molecule has 0 radical (unpaired) electrons. The predicted molar refractivity (Wildman–Crippen MR) is 78.7 cm³/mol. The molecule has 98 valence electrons. The molecular weight excluding hydrogens is 345 g/mol. The SMILES string of the molecule is CCC(CC(N)=NO)NC(=O)c1cccc(I)c1. The molecule has 0 bridgehead atoms. The molecule has 0 aliphatic heterocycles. The Hall–Kier alpha value is -1.31. The number of benzene rings is 1. The number of oxime groups is 1. The van der Waals surface area contributed by atoms with Crippen LogP contribution in [0.25, 0.3) is 0 Å². The third kappa shape index (κ3) is 4.52. The quantitative estimate of drug-likeness (QED) is 0.246. The second kappa shape index (κ2) is 7.20. The molecule has 1 amide bonds. The van der Waals surface area contributed by atoms with E-state index < -0.39 is 0 Å². The molecule has 0 saturated heterocycles. The number of carbonyl (C=O) groups is 1. The minimum atomic E-state index is -0.147. The van der Waals surface area contributed by atoms with Gasteiger partial charge in [0.25, 0.3) is 5.91 Å². The minimum absolute atomic E-state index is 0.116. The number of nitrogens with one attached hydrogen (secondary N) is 1. The van der Waals surface area contributed by atoms with Gasteiger partial charge < -0.3 is 16.3 Å². The highest BCUT2D eigenvalue weighted by atomic mass is 127. The van der Waals surface area contributed by atoms with Crippen molar-refractivity contribution in [2.75, 3.05) is 0 Å². The average molecular weight is 361 g/mol. The van der Waals surface area contributed by atoms with Crippen molar-refractivity contribution in [3.63, 3.8) is 0 Å². The van der Waals surface area contributed by atoms with Crippen LogP contribution in [0.4, 0.5) is 0 Å². The van der Waals surface area contributed by atoms with Crippen LogP contribution in [0, 0.1) is 3.57 Å². The highest BCUT2D eigenvalue weighted by Gasteiger charge is 2.13. The van der Waals surface area contributed by atoms with Crippen molar-refractivity contribution in [1.82, 2.24) is 5.32 Å². The number of rotatable bonds is 5. The van der Waals surface area contributed by atoms with E-state index in [2.05, 4.69) is 33.1 Å². The van der Waals surface area contributed by atoms with Gasteiger partial charge in [-0.05, 0) is 47.2 Å². The van der Waals surface area contributed by atoms with Gasteiger partial charge in [-0.3, -0.25) is 4.79 Å². The van der Waals surface area contributed by atoms with Crippen LogP contribution in [0.3, 0.4) is 0 Å². The molecule has 1 aromatic carbocycles. The number of hydrogen-bond acceptors (Lipinski definition) is 3. The summed E-state index contributed by atoms with van der Waals surface area (Å²) in [5.74, 6) is -0.0316. The Bertz CT molecular complexity index is 449. The maximum Gasteiger partial charge on any atom is 0.251 e. The van der Waals surface area contributed by atoms with Crippen molar-refractivity contribution >= 4 is 34.3 Å². The smallest absolute Gasteiger partial charge is 0.251 e. The fourth-order valence-corrected chi connectivity index (χ4v) is 2.03. The van der Waals surface area contributed by atoms with E-state index in [-0.39, 0.29) is 17.8 Å². The van der Waals surface area contributed by atoms with E-state index in [1.807, 2.05) is 25.1 Å². The Labute approximate surface area is 120 Å². The molecule has 6 heteroatoms. The molecule has 1 aromatic rings. The zero-order chi connectivity index (χ0) is 13.5. The summed E-state index contributed by atoms with van der Waals surface area (Å²) in [5, 5.41) is 14.3. The van der Waals surface area contributed by atoms with Crippen LogP contribution >= 0.6 is 22.6 Å². The zero-order valence-electron chi connectivity index (χ0n) is 10.1. The Kier molecular flexibility index (Phi) is 5.90. The molecule has 18 heavy (non-hydrogen) atoms. The van der Waals surface area contributed by atoms with E-state index >= 15 is 0 Å². The number of halogens is 1. The first kappa shape index (κ1) is 14.7. The maximum atomic E-state index is 12.0. The molecule has 0 aromatic heterocycles. The normalized spacial score (nSPS) is 13.1. The minimum Gasteiger partial charge on any atom is -0.409 e. The largest absolute Gasteiger partial charge is 0.409 e. The lowest BCUT2D eigenvalue weighted by molar-refractivity contribution is 0.0937. The van der Waals surface area contributed by atoms with Crippen LogP contribution in [-0.4, -0.2) is 23.0 Å². The van der Waals surface area contributed by atoms with Crippen molar-refractivity contribution < 1.29 is 10.0 Å². The van der Waals surface area contributed by atoms with Gasteiger partial charge in [0.15, 0.2) is 0 Å². The van der Waals surface area contributed by atoms with Crippen LogP contribution in [0.5, 0.6) is 0 Å². The molecule has 0 heterocycles. The Morgan fingerprint density at radius 2 is 2.33 bits per heavy atom. The van der Waals surface area contributed by atoms with Crippen LogP contribution in [0.15, 0.2) is 29.4 Å². The molecule has 1 rings (SSSR count). The standard InChI is InChI=1S/C12H16IN3O2/c1-2-10(7-11(14)16-18)15-12(17)8-4-3-5-9(13)6-8/h3-6,10,18H,2,7H2,1H3,(H2,14,16)(H,15,17). The topological polar surface area (TPSA) is 87.7 Å². The summed E-state index contributed by atoms with van der Waals surface area (Å²) < 4.78 is 1.00. The summed E-state index contributed by atoms with van der Waals surface area (Å²) in [4.78, 5) is 12.0. The average Bonchev–Trinajstić information content (AvgIpc) is 2.37. The van der Waals surface area contributed by atoms with E-state index in [1.165, 1.54) is 0 Å². The Morgan fingerprint density at radius 1 is 1.61 bits per heavy atom. The van der Waals surface area contributed by atoms with Crippen molar-refractivity contribution in [1.29, 1.82) is 0 Å². The highest BCUT2D eigenvalue weighted by molar-refractivity contribution is 14.1. The van der Waals surface area contributed by atoms with Crippen LogP contribution in [0.2, 0.25) is 0 Å². The maximum absolute atomic E-state index is 12.0. The molecule has 4 N–H and O–H groups in total. The van der Waals surface area contributed by atoms with Gasteiger partial charge in [-0.2, -0.15) is 0 Å². The van der Waals surface area contributed by atoms with E-state index in [4.69, 9.17) is 10.9 Å². The van der Waals surface area contributed by atoms with Gasteiger partial charge in [0.05, 0.1) is 0 Å². The lowest BCUT2D eigenvalue weighted by Gasteiger charge is -2.16. The number of nitrogens with zero attached hydrogens (tertiary/aromatic N) is 1. The van der Waals surface area contributed by atoms with E-state index in [9.17, 15) is 4.79 Å². The second-order valence-electron chi connectivity index (χ2n) is 3.88. The van der Waals surface area contributed by atoms with Gasteiger partial charge in [0.1, 0.15) is 5.84 Å². The fourth-order valence-electron chi connectivity index (χ4n) is 1.49. The summed E-state index contributed by atoms with van der Waals surface area (Å²) in [6.07, 6.45) is 1.05. The highest BCUT2D eigenvalue weighted by Crippen LogP contribution is 2.08. The van der Waals surface area contributed by atoms with E-state index in [0.717, 1.165) is 3.57 Å². The van der Waals surface area contributed by atoms with Gasteiger partial charge in [-0.1, -0.05) is 18.1 Å². The molecule has 1 unspecified atom stereocenters. The summed E-state index contributed by atoms with van der Waals surface area (Å²) in [7, 11) is 0. The number of amidine groups is 1. The monoisotopic (exact) mass is 361 g/mol. The van der Waals surface area contributed by atoms with Gasteiger partial charge in [-0.25, -0.2) is 0 Å². The lowest BCUT2D eigenvalue weighted by Crippen LogP contribution is -2.37. The molecular formula is C12H16IN3O2. The summed E-state index contributed by atoms with van der Waals surface area (Å²) >= 11 is 2.16. The molecule has 0 fully saturated rings. The molecule has 0 aliphatic carbocycles. The third-order valence-electron chi connectivity index (χ3n) is 2.50. The third-order valence-corrected chi connectivity index (χ3v) is 3.17. The predicted octanol–water partition coefficient (Wildman–Crippen LogP) is 1.94. The first-order valence-corrected chi connectivity index (χ1v) is 6.67. The van der Waals surface area contributed by atoms with Crippen LogP contribution < -0.4 is 11.1 Å². The van der Waals surface area contributed by atoms with Crippen LogP contribution in [-0.2, 0) is 0 Å². The van der Waals surface area contributed by atoms with Crippen molar-refractivity contribution in [3.05, 3.63) is 33.4 Å². The molecule has 5 nitrogen and oxygen atoms in total. The van der Waals surface area contributed by atoms with Gasteiger partial charge in [0, 0.05) is 21.6 Å². The van der Waals surface area contributed by atoms with Crippen molar-refractivity contribution in [2.45, 2.75) is 25.8 Å². The fraction of sp³-hybridized carbons (Fsp3) is 0.333. The summed E-state index contributed by atoms with van der Waals surface area (Å²) in [5.41, 5.74) is 6.05. The van der Waals surface area contributed by atoms with Crippen LogP contribution in [0.1, 0.15) is 30.1 Å². The molecule has 1 atom stereocenters. The summed E-state index contributed by atoms with van der Waals surface area (Å²) in [6.45, 7) is 1.93. The molecule has 0 spiro atoms. The first-order chi connectivity index (χ1) is 8.56. The van der Waals surface area contributed by atoms with Gasteiger partial charge >= 0.3 is 0 Å². The zero-order valence-corrected chi connectivity index (χ0v) is 12.2. The number of hydrogen-bond donors (Lipinski definition) is 3. The number of amides is 1. The Morgan fingerprint density at radius 3 is 2.89 bits per heavy atom. The van der Waals surface area contributed by atoms with Gasteiger partial charge in [-0.15, -0.1) is 0 Å². The lowest BCUT2D eigenvalue weighted by atomic mass is 10.1. The van der Waals surface area contributed by atoms with Crippen molar-refractivity contribution in [2.24, 2.45) is 10.9 Å². The van der Waals surface area contributed by atoms with E-state index in [0.29, 0.717) is 18.4 Å². The Balaban J connectivity index is 2.68. The molecule has 0 aliphatic rings. The first-order valence-electron chi connectivity index (χ1n) is 5.59. The second-order valence-corrected chi connectivity index (χ2v) is 5.13. The summed E-state index contributed by atoms with van der Waals surface area (Å²) in [6, 6.07) is 7.19. The van der Waals surface area contributed by atoms with Crippen molar-refractivity contribution in [3.8, 4) is 0 Å². The number of carbonyl (C=O) groups excluding carboxylic acids is 1.